The number of esters is 2. The van der Waals surface area contributed by atoms with Gasteiger partial charge < -0.3 is 19.3 Å². The Labute approximate surface area is 142 Å². The van der Waals surface area contributed by atoms with Crippen molar-refractivity contribution in [2.24, 2.45) is 11.8 Å². The van der Waals surface area contributed by atoms with E-state index in [0.717, 1.165) is 38.5 Å². The third kappa shape index (κ3) is 4.70. The van der Waals surface area contributed by atoms with Gasteiger partial charge in [0.2, 0.25) is 0 Å². The van der Waals surface area contributed by atoms with E-state index in [4.69, 9.17) is 14.2 Å². The molecule has 1 N–H and O–H groups in total. The van der Waals surface area contributed by atoms with Crippen molar-refractivity contribution in [3.05, 3.63) is 0 Å². The SMILES string of the molecule is CC(CCOC(=O)C1CCC2OC2C1)OC(=O)C1CCCC(O)C1. The van der Waals surface area contributed by atoms with Crippen LogP contribution in [0.1, 0.15) is 58.3 Å². The Morgan fingerprint density at radius 3 is 2.62 bits per heavy atom. The Hall–Kier alpha value is -1.14. The highest BCUT2D eigenvalue weighted by molar-refractivity contribution is 5.73. The van der Waals surface area contributed by atoms with E-state index >= 15 is 0 Å². The molecular formula is C18H28O6. The minimum atomic E-state index is -0.391. The number of rotatable bonds is 6. The van der Waals surface area contributed by atoms with Gasteiger partial charge in [-0.3, -0.25) is 9.59 Å². The van der Waals surface area contributed by atoms with Crippen molar-refractivity contribution in [1.82, 2.24) is 0 Å². The van der Waals surface area contributed by atoms with Gasteiger partial charge in [-0.2, -0.15) is 0 Å². The lowest BCUT2D eigenvalue weighted by atomic mass is 9.87. The molecule has 3 rings (SSSR count). The number of aliphatic hydroxyl groups excluding tert-OH is 1. The van der Waals surface area contributed by atoms with Crippen LogP contribution < -0.4 is 0 Å². The molecule has 2 aliphatic carbocycles. The summed E-state index contributed by atoms with van der Waals surface area (Å²) >= 11 is 0. The second-order valence-electron chi connectivity index (χ2n) is 7.44. The van der Waals surface area contributed by atoms with E-state index in [0.29, 0.717) is 18.9 Å². The molecule has 1 saturated heterocycles. The van der Waals surface area contributed by atoms with Crippen molar-refractivity contribution < 1.29 is 28.9 Å². The van der Waals surface area contributed by atoms with Crippen LogP contribution >= 0.6 is 0 Å². The quantitative estimate of drug-likeness (QED) is 0.588. The maximum atomic E-state index is 12.1. The molecule has 1 heterocycles. The van der Waals surface area contributed by atoms with Gasteiger partial charge in [0.25, 0.3) is 0 Å². The molecule has 0 radical (unpaired) electrons. The molecule has 0 amide bonds. The van der Waals surface area contributed by atoms with Crippen LogP contribution in [-0.4, -0.2) is 48.1 Å². The Morgan fingerprint density at radius 2 is 1.88 bits per heavy atom. The summed E-state index contributed by atoms with van der Waals surface area (Å²) in [6.45, 7) is 2.08. The molecule has 3 aliphatic rings. The smallest absolute Gasteiger partial charge is 0.309 e. The van der Waals surface area contributed by atoms with Crippen LogP contribution in [0.2, 0.25) is 0 Å². The molecule has 0 aromatic carbocycles. The van der Waals surface area contributed by atoms with Gasteiger partial charge in [-0.1, -0.05) is 6.42 Å². The van der Waals surface area contributed by atoms with Crippen LogP contribution in [0.15, 0.2) is 0 Å². The number of carbonyl (C=O) groups is 2. The maximum absolute atomic E-state index is 12.1. The first-order valence-corrected chi connectivity index (χ1v) is 9.23. The number of aliphatic hydroxyl groups is 1. The van der Waals surface area contributed by atoms with Gasteiger partial charge in [0.15, 0.2) is 0 Å². The minimum Gasteiger partial charge on any atom is -0.465 e. The average molecular weight is 340 g/mol. The fourth-order valence-electron chi connectivity index (χ4n) is 3.79. The third-order valence-corrected chi connectivity index (χ3v) is 5.40. The lowest BCUT2D eigenvalue weighted by molar-refractivity contribution is -0.157. The molecule has 6 heteroatoms. The topological polar surface area (TPSA) is 85.4 Å². The Bertz CT molecular complexity index is 464. The first-order valence-electron chi connectivity index (χ1n) is 9.23. The van der Waals surface area contributed by atoms with E-state index in [1.165, 1.54) is 0 Å². The summed E-state index contributed by atoms with van der Waals surface area (Å²) in [5.74, 6) is -0.641. The standard InChI is InChI=1S/C18H28O6/c1-11(23-18(21)12-3-2-4-14(19)9-12)7-8-22-17(20)13-5-6-15-16(10-13)24-15/h11-16,19H,2-10H2,1H3. The van der Waals surface area contributed by atoms with E-state index in [9.17, 15) is 14.7 Å². The number of carbonyl (C=O) groups excluding carboxylic acids is 2. The molecule has 6 nitrogen and oxygen atoms in total. The highest BCUT2D eigenvalue weighted by Crippen LogP contribution is 2.39. The van der Waals surface area contributed by atoms with E-state index in [1.807, 2.05) is 6.92 Å². The summed E-state index contributed by atoms with van der Waals surface area (Å²) in [7, 11) is 0. The predicted octanol–water partition coefficient (Wildman–Crippen LogP) is 1.97. The molecule has 0 spiro atoms. The summed E-state index contributed by atoms with van der Waals surface area (Å²) in [6, 6.07) is 0. The van der Waals surface area contributed by atoms with Gasteiger partial charge in [0.05, 0.1) is 36.8 Å². The van der Waals surface area contributed by atoms with Crippen LogP contribution in [0.25, 0.3) is 0 Å². The van der Waals surface area contributed by atoms with Gasteiger partial charge in [0, 0.05) is 6.42 Å². The zero-order chi connectivity index (χ0) is 17.1. The highest BCUT2D eigenvalue weighted by Gasteiger charge is 2.46. The Morgan fingerprint density at radius 1 is 1.08 bits per heavy atom. The Balaban J connectivity index is 1.31. The fraction of sp³-hybridized carbons (Fsp3) is 0.889. The molecular weight excluding hydrogens is 312 g/mol. The molecule has 1 aliphatic heterocycles. The Kier molecular flexibility index (Phi) is 5.76. The van der Waals surface area contributed by atoms with Gasteiger partial charge in [-0.15, -0.1) is 0 Å². The van der Waals surface area contributed by atoms with Crippen molar-refractivity contribution in [2.45, 2.75) is 82.7 Å². The van der Waals surface area contributed by atoms with Crippen LogP contribution in [-0.2, 0) is 23.8 Å². The van der Waals surface area contributed by atoms with E-state index in [2.05, 4.69) is 0 Å². The molecule has 3 fully saturated rings. The molecule has 6 unspecified atom stereocenters. The number of ether oxygens (including phenoxy) is 3. The fourth-order valence-corrected chi connectivity index (χ4v) is 3.79. The zero-order valence-corrected chi connectivity index (χ0v) is 14.3. The van der Waals surface area contributed by atoms with Crippen molar-refractivity contribution in [3.63, 3.8) is 0 Å². The van der Waals surface area contributed by atoms with E-state index in [1.54, 1.807) is 0 Å². The summed E-state index contributed by atoms with van der Waals surface area (Å²) in [6.07, 6.45) is 5.94. The van der Waals surface area contributed by atoms with Crippen molar-refractivity contribution in [3.8, 4) is 0 Å². The summed E-state index contributed by atoms with van der Waals surface area (Å²) < 4.78 is 16.2. The molecule has 0 aromatic heterocycles. The minimum absolute atomic E-state index is 0.0460. The van der Waals surface area contributed by atoms with Crippen LogP contribution in [0.5, 0.6) is 0 Å². The average Bonchev–Trinajstić information content (AvgIpc) is 3.33. The second-order valence-corrected chi connectivity index (χ2v) is 7.44. The summed E-state index contributed by atoms with van der Waals surface area (Å²) in [4.78, 5) is 24.1. The molecule has 0 bridgehead atoms. The highest BCUT2D eigenvalue weighted by atomic mass is 16.6. The second kappa shape index (κ2) is 7.83. The lowest BCUT2D eigenvalue weighted by Gasteiger charge is -2.25. The molecule has 136 valence electrons. The summed E-state index contributed by atoms with van der Waals surface area (Å²) in [5, 5.41) is 9.64. The molecule has 6 atom stereocenters. The van der Waals surface area contributed by atoms with Crippen molar-refractivity contribution >= 4 is 11.9 Å². The zero-order valence-electron chi connectivity index (χ0n) is 14.3. The monoisotopic (exact) mass is 340 g/mol. The number of hydrogen-bond acceptors (Lipinski definition) is 6. The van der Waals surface area contributed by atoms with Crippen LogP contribution in [0.4, 0.5) is 0 Å². The van der Waals surface area contributed by atoms with E-state index < -0.39 is 6.10 Å². The van der Waals surface area contributed by atoms with Gasteiger partial charge in [0.1, 0.15) is 6.10 Å². The van der Waals surface area contributed by atoms with E-state index in [-0.39, 0.29) is 42.6 Å². The predicted molar refractivity (Wildman–Crippen MR) is 85.1 cm³/mol. The van der Waals surface area contributed by atoms with Gasteiger partial charge in [-0.25, -0.2) is 0 Å². The third-order valence-electron chi connectivity index (χ3n) is 5.40. The molecule has 2 saturated carbocycles. The maximum Gasteiger partial charge on any atom is 0.309 e. The molecule has 24 heavy (non-hydrogen) atoms. The first-order chi connectivity index (χ1) is 11.5. The lowest BCUT2D eigenvalue weighted by Crippen LogP contribution is -2.30. The van der Waals surface area contributed by atoms with Crippen molar-refractivity contribution in [1.29, 1.82) is 0 Å². The first kappa shape index (κ1) is 17.7. The van der Waals surface area contributed by atoms with Gasteiger partial charge in [-0.05, 0) is 45.4 Å². The normalized spacial score (nSPS) is 36.3. The largest absolute Gasteiger partial charge is 0.465 e. The number of fused-ring (bicyclic) bond motifs is 1. The summed E-state index contributed by atoms with van der Waals surface area (Å²) in [5.41, 5.74) is 0. The van der Waals surface area contributed by atoms with Crippen molar-refractivity contribution in [2.75, 3.05) is 6.61 Å². The number of epoxide rings is 1. The van der Waals surface area contributed by atoms with Crippen LogP contribution in [0, 0.1) is 11.8 Å². The number of hydrogen-bond donors (Lipinski definition) is 1. The van der Waals surface area contributed by atoms with Crippen LogP contribution in [0.3, 0.4) is 0 Å². The molecule has 0 aromatic rings. The van der Waals surface area contributed by atoms with Gasteiger partial charge >= 0.3 is 11.9 Å².